The van der Waals surface area contributed by atoms with E-state index in [1.807, 2.05) is 30.3 Å². The number of thiocarbonyl (C=S) groups is 1. The summed E-state index contributed by atoms with van der Waals surface area (Å²) in [6, 6.07) is 19.0. The van der Waals surface area contributed by atoms with Gasteiger partial charge in [-0.25, -0.2) is 0 Å². The molecule has 8 nitrogen and oxygen atoms in total. The van der Waals surface area contributed by atoms with Crippen molar-refractivity contribution in [3.8, 4) is 11.5 Å². The smallest absolute Gasteiger partial charge is 0.273 e. The lowest BCUT2D eigenvalue weighted by molar-refractivity contribution is -0.384. The first-order valence-corrected chi connectivity index (χ1v) is 11.0. The molecule has 0 bridgehead atoms. The van der Waals surface area contributed by atoms with Crippen LogP contribution in [0.2, 0.25) is 0 Å². The fraction of sp³-hybridized carbons (Fsp3) is 0.130. The maximum Gasteiger partial charge on any atom is 0.273 e. The lowest BCUT2D eigenvalue weighted by Gasteiger charge is -2.13. The van der Waals surface area contributed by atoms with E-state index in [2.05, 4.69) is 26.6 Å². The molecule has 0 aromatic heterocycles. The molecular weight excluding hydrogens is 510 g/mol. The number of nitrogens with zero attached hydrogens (tertiary/aromatic N) is 1. The molecule has 10 heteroatoms. The summed E-state index contributed by atoms with van der Waals surface area (Å²) in [5, 5.41) is 16.3. The number of carbonyl (C=O) groups excluding carboxylic acids is 1. The summed E-state index contributed by atoms with van der Waals surface area (Å²) in [7, 11) is 1.38. The van der Waals surface area contributed by atoms with Crippen LogP contribution in [0, 0.1) is 10.1 Å². The zero-order chi connectivity index (χ0) is 23.8. The zero-order valence-corrected chi connectivity index (χ0v) is 19.9. The van der Waals surface area contributed by atoms with Gasteiger partial charge in [0, 0.05) is 18.1 Å². The number of nitrogens with one attached hydrogen (secondary N) is 2. The van der Waals surface area contributed by atoms with Gasteiger partial charge in [-0.3, -0.25) is 20.2 Å². The molecule has 0 aliphatic rings. The lowest BCUT2D eigenvalue weighted by atomic mass is 10.2. The summed E-state index contributed by atoms with van der Waals surface area (Å²) in [5.41, 5.74) is 1.81. The highest BCUT2D eigenvalue weighted by Gasteiger charge is 2.15. The van der Waals surface area contributed by atoms with Crippen molar-refractivity contribution >= 4 is 50.5 Å². The molecule has 1 amide bonds. The Hall–Kier alpha value is -3.50. The Morgan fingerprint density at radius 3 is 2.52 bits per heavy atom. The Morgan fingerprint density at radius 1 is 1.09 bits per heavy atom. The first-order chi connectivity index (χ1) is 15.9. The SMILES string of the molecule is COc1cc([N+](=O)[O-])ccc1NC(=S)NC(=O)c1ccc(OCCc2ccccc2)c(Br)c1. The monoisotopic (exact) mass is 529 g/mol. The Morgan fingerprint density at radius 2 is 1.85 bits per heavy atom. The molecule has 170 valence electrons. The van der Waals surface area contributed by atoms with Crippen LogP contribution in [0.15, 0.2) is 71.2 Å². The number of carbonyl (C=O) groups is 1. The zero-order valence-electron chi connectivity index (χ0n) is 17.5. The molecule has 3 aromatic rings. The normalized spacial score (nSPS) is 10.2. The number of amides is 1. The summed E-state index contributed by atoms with van der Waals surface area (Å²) in [6.07, 6.45) is 0.765. The van der Waals surface area contributed by atoms with E-state index in [1.165, 1.54) is 30.9 Å². The van der Waals surface area contributed by atoms with Crippen LogP contribution in [0.1, 0.15) is 15.9 Å². The number of ether oxygens (including phenoxy) is 2. The average molecular weight is 530 g/mol. The van der Waals surface area contributed by atoms with Gasteiger partial charge in [0.2, 0.25) is 0 Å². The van der Waals surface area contributed by atoms with Crippen molar-refractivity contribution in [2.75, 3.05) is 19.0 Å². The fourth-order valence-electron chi connectivity index (χ4n) is 2.91. The van der Waals surface area contributed by atoms with Gasteiger partial charge in [-0.2, -0.15) is 0 Å². The van der Waals surface area contributed by atoms with Crippen molar-refractivity contribution in [3.63, 3.8) is 0 Å². The summed E-state index contributed by atoms with van der Waals surface area (Å²) in [5.74, 6) is 0.421. The molecule has 0 spiro atoms. The second kappa shape index (κ2) is 11.4. The number of anilines is 1. The summed E-state index contributed by atoms with van der Waals surface area (Å²) < 4.78 is 11.6. The molecular formula is C23H20BrN3O5S. The summed E-state index contributed by atoms with van der Waals surface area (Å²) in [4.78, 5) is 23.0. The van der Waals surface area contributed by atoms with Gasteiger partial charge in [0.25, 0.3) is 11.6 Å². The Balaban J connectivity index is 1.58. The number of hydrogen-bond donors (Lipinski definition) is 2. The van der Waals surface area contributed by atoms with Crippen molar-refractivity contribution in [2.45, 2.75) is 6.42 Å². The van der Waals surface area contributed by atoms with Crippen LogP contribution in [0.3, 0.4) is 0 Å². The van der Waals surface area contributed by atoms with E-state index in [0.717, 1.165) is 6.42 Å². The molecule has 0 saturated heterocycles. The van der Waals surface area contributed by atoms with E-state index in [1.54, 1.807) is 18.2 Å². The average Bonchev–Trinajstić information content (AvgIpc) is 2.80. The van der Waals surface area contributed by atoms with Gasteiger partial charge in [0.1, 0.15) is 11.5 Å². The molecule has 0 radical (unpaired) electrons. The minimum absolute atomic E-state index is 0.0199. The van der Waals surface area contributed by atoms with Crippen molar-refractivity contribution < 1.29 is 19.2 Å². The summed E-state index contributed by atoms with van der Waals surface area (Å²) in [6.45, 7) is 0.499. The van der Waals surface area contributed by atoms with Gasteiger partial charge < -0.3 is 14.8 Å². The first kappa shape index (κ1) is 24.1. The molecule has 0 heterocycles. The topological polar surface area (TPSA) is 103 Å². The quantitative estimate of drug-likeness (QED) is 0.237. The van der Waals surface area contributed by atoms with Gasteiger partial charge >= 0.3 is 0 Å². The van der Waals surface area contributed by atoms with Gasteiger partial charge in [-0.05, 0) is 58.0 Å². The van der Waals surface area contributed by atoms with Crippen LogP contribution in [0.4, 0.5) is 11.4 Å². The third kappa shape index (κ3) is 6.74. The predicted molar refractivity (Wildman–Crippen MR) is 133 cm³/mol. The molecule has 0 saturated carbocycles. The number of halogens is 1. The second-order valence-corrected chi connectivity index (χ2v) is 8.04. The number of methoxy groups -OCH3 is 1. The van der Waals surface area contributed by atoms with Crippen LogP contribution >= 0.6 is 28.1 Å². The molecule has 0 fully saturated rings. The van der Waals surface area contributed by atoms with Crippen LogP contribution in [0.5, 0.6) is 11.5 Å². The van der Waals surface area contributed by atoms with Crippen molar-refractivity contribution in [1.82, 2.24) is 5.32 Å². The van der Waals surface area contributed by atoms with E-state index >= 15 is 0 Å². The van der Waals surface area contributed by atoms with Crippen LogP contribution in [-0.2, 0) is 6.42 Å². The Kier molecular flexibility index (Phi) is 8.34. The van der Waals surface area contributed by atoms with Gasteiger partial charge in [-0.1, -0.05) is 30.3 Å². The van der Waals surface area contributed by atoms with E-state index in [0.29, 0.717) is 28.1 Å². The number of rotatable bonds is 8. The van der Waals surface area contributed by atoms with Gasteiger partial charge in [0.15, 0.2) is 5.11 Å². The molecule has 0 atom stereocenters. The highest BCUT2D eigenvalue weighted by Crippen LogP contribution is 2.29. The molecule has 0 aliphatic carbocycles. The molecule has 3 aromatic carbocycles. The highest BCUT2D eigenvalue weighted by atomic mass is 79.9. The number of benzene rings is 3. The number of hydrogen-bond acceptors (Lipinski definition) is 6. The maximum atomic E-state index is 12.6. The molecule has 33 heavy (non-hydrogen) atoms. The van der Waals surface area contributed by atoms with Crippen molar-refractivity contribution in [2.24, 2.45) is 0 Å². The fourth-order valence-corrected chi connectivity index (χ4v) is 3.60. The first-order valence-electron chi connectivity index (χ1n) is 9.78. The van der Waals surface area contributed by atoms with Crippen LogP contribution in [0.25, 0.3) is 0 Å². The Labute approximate surface area is 204 Å². The highest BCUT2D eigenvalue weighted by molar-refractivity contribution is 9.10. The molecule has 0 aliphatic heterocycles. The predicted octanol–water partition coefficient (Wildman–Crippen LogP) is 5.11. The van der Waals surface area contributed by atoms with Crippen LogP contribution < -0.4 is 20.1 Å². The van der Waals surface area contributed by atoms with E-state index in [-0.39, 0.29) is 16.5 Å². The molecule has 0 unspecified atom stereocenters. The molecule has 3 rings (SSSR count). The minimum Gasteiger partial charge on any atom is -0.494 e. The van der Waals surface area contributed by atoms with Crippen molar-refractivity contribution in [3.05, 3.63) is 92.4 Å². The van der Waals surface area contributed by atoms with Crippen LogP contribution in [-0.4, -0.2) is 29.7 Å². The largest absolute Gasteiger partial charge is 0.494 e. The van der Waals surface area contributed by atoms with Gasteiger partial charge in [0.05, 0.1) is 34.9 Å². The minimum atomic E-state index is -0.528. The number of nitro groups is 1. The number of nitro benzene ring substituents is 1. The van der Waals surface area contributed by atoms with E-state index in [9.17, 15) is 14.9 Å². The van der Waals surface area contributed by atoms with E-state index in [4.69, 9.17) is 21.7 Å². The maximum absolute atomic E-state index is 12.6. The second-order valence-electron chi connectivity index (χ2n) is 6.78. The van der Waals surface area contributed by atoms with Crippen molar-refractivity contribution in [1.29, 1.82) is 0 Å². The van der Waals surface area contributed by atoms with E-state index < -0.39 is 10.8 Å². The summed E-state index contributed by atoms with van der Waals surface area (Å²) >= 11 is 8.63. The number of non-ortho nitro benzene ring substituents is 1. The molecule has 2 N–H and O–H groups in total. The third-order valence-electron chi connectivity index (χ3n) is 4.56. The third-order valence-corrected chi connectivity index (χ3v) is 5.38. The standard InChI is InChI=1S/C23H20BrN3O5S/c1-31-21-14-17(27(29)30)8-9-19(21)25-23(33)26-22(28)16-7-10-20(18(24)13-16)32-12-11-15-5-3-2-4-6-15/h2-10,13-14H,11-12H2,1H3,(H2,25,26,28,33). The lowest BCUT2D eigenvalue weighted by Crippen LogP contribution is -2.34. The Bertz CT molecular complexity index is 1170. The van der Waals surface area contributed by atoms with Gasteiger partial charge in [-0.15, -0.1) is 0 Å².